The number of aliphatic hydroxyl groups excluding tert-OH is 1. The van der Waals surface area contributed by atoms with E-state index in [0.717, 1.165) is 5.56 Å². The van der Waals surface area contributed by atoms with E-state index >= 15 is 0 Å². The van der Waals surface area contributed by atoms with Gasteiger partial charge in [-0.25, -0.2) is 4.39 Å². The summed E-state index contributed by atoms with van der Waals surface area (Å²) in [6.07, 6.45) is -0.870. The highest BCUT2D eigenvalue weighted by molar-refractivity contribution is 6.30. The molecule has 0 aliphatic carbocycles. The van der Waals surface area contributed by atoms with Crippen LogP contribution in [0.3, 0.4) is 0 Å². The van der Waals surface area contributed by atoms with Crippen LogP contribution in [0.5, 0.6) is 5.75 Å². The van der Waals surface area contributed by atoms with Gasteiger partial charge in [-0.05, 0) is 24.3 Å². The molecule has 0 bridgehead atoms. The van der Waals surface area contributed by atoms with Gasteiger partial charge < -0.3 is 9.84 Å². The predicted molar refractivity (Wildman–Crippen MR) is 70.8 cm³/mol. The Morgan fingerprint density at radius 1 is 1.16 bits per heavy atom. The van der Waals surface area contributed by atoms with Crippen molar-refractivity contribution in [2.24, 2.45) is 0 Å². The lowest BCUT2D eigenvalue weighted by atomic mass is 9.95. The molecule has 2 nitrogen and oxygen atoms in total. The van der Waals surface area contributed by atoms with E-state index in [4.69, 9.17) is 16.3 Å². The Labute approximate surface area is 115 Å². The molecule has 0 radical (unpaired) electrons. The molecule has 0 amide bonds. The third-order valence-electron chi connectivity index (χ3n) is 3.29. The third kappa shape index (κ3) is 2.31. The van der Waals surface area contributed by atoms with E-state index in [1.807, 2.05) is 18.2 Å². The van der Waals surface area contributed by atoms with Gasteiger partial charge in [-0.1, -0.05) is 29.8 Å². The van der Waals surface area contributed by atoms with Crippen LogP contribution in [0.25, 0.3) is 0 Å². The molecule has 0 saturated carbocycles. The Morgan fingerprint density at radius 2 is 1.95 bits per heavy atom. The largest absolute Gasteiger partial charge is 0.485 e. The fourth-order valence-electron chi connectivity index (χ4n) is 2.35. The Hall–Kier alpha value is -1.58. The van der Waals surface area contributed by atoms with Gasteiger partial charge >= 0.3 is 0 Å². The average Bonchev–Trinajstić information content (AvgIpc) is 2.41. The molecule has 19 heavy (non-hydrogen) atoms. The number of rotatable bonds is 1. The maximum atomic E-state index is 13.8. The third-order valence-corrected chi connectivity index (χ3v) is 3.52. The minimum Gasteiger partial charge on any atom is -0.485 e. The standard InChI is InChI=1S/C15H12ClFO2/c16-9-5-6-12(17)11(7-9)15-8-13(18)10-3-1-2-4-14(10)19-15/h1-7,13,15,18H,8H2/t13-,15?/m1/s1. The average molecular weight is 279 g/mol. The van der Waals surface area contributed by atoms with Gasteiger partial charge in [0.1, 0.15) is 17.7 Å². The molecule has 1 unspecified atom stereocenters. The number of ether oxygens (including phenoxy) is 1. The van der Waals surface area contributed by atoms with Crippen LogP contribution >= 0.6 is 11.6 Å². The molecule has 98 valence electrons. The van der Waals surface area contributed by atoms with E-state index in [1.54, 1.807) is 12.1 Å². The first-order valence-corrected chi connectivity index (χ1v) is 6.41. The molecule has 1 N–H and O–H groups in total. The molecular formula is C15H12ClFO2. The first kappa shape index (κ1) is 12.5. The molecule has 1 aliphatic heterocycles. The molecule has 2 aromatic rings. The maximum absolute atomic E-state index is 13.8. The highest BCUT2D eigenvalue weighted by atomic mass is 35.5. The van der Waals surface area contributed by atoms with Crippen LogP contribution < -0.4 is 4.74 Å². The predicted octanol–water partition coefficient (Wildman–Crippen LogP) is 4.04. The summed E-state index contributed by atoms with van der Waals surface area (Å²) < 4.78 is 19.6. The number of benzene rings is 2. The molecule has 0 spiro atoms. The number of hydrogen-bond acceptors (Lipinski definition) is 2. The van der Waals surface area contributed by atoms with Crippen molar-refractivity contribution >= 4 is 11.6 Å². The molecule has 1 heterocycles. The van der Waals surface area contributed by atoms with E-state index in [2.05, 4.69) is 0 Å². The van der Waals surface area contributed by atoms with Gasteiger partial charge in [0.15, 0.2) is 0 Å². The summed E-state index contributed by atoms with van der Waals surface area (Å²) in [6.45, 7) is 0. The Balaban J connectivity index is 1.99. The monoisotopic (exact) mass is 278 g/mol. The Kier molecular flexibility index (Phi) is 3.17. The number of para-hydroxylation sites is 1. The van der Waals surface area contributed by atoms with Gasteiger partial charge in [-0.15, -0.1) is 0 Å². The highest BCUT2D eigenvalue weighted by Crippen LogP contribution is 2.41. The van der Waals surface area contributed by atoms with E-state index in [9.17, 15) is 9.50 Å². The summed E-state index contributed by atoms with van der Waals surface area (Å²) in [5.41, 5.74) is 1.11. The highest BCUT2D eigenvalue weighted by Gasteiger charge is 2.29. The van der Waals surface area contributed by atoms with E-state index in [-0.39, 0.29) is 5.82 Å². The van der Waals surface area contributed by atoms with Gasteiger partial charge in [0, 0.05) is 22.6 Å². The molecular weight excluding hydrogens is 267 g/mol. The van der Waals surface area contributed by atoms with Crippen LogP contribution in [0.2, 0.25) is 5.02 Å². The van der Waals surface area contributed by atoms with Gasteiger partial charge in [-0.3, -0.25) is 0 Å². The molecule has 2 aromatic carbocycles. The molecule has 0 saturated heterocycles. The van der Waals surface area contributed by atoms with Crippen molar-refractivity contribution in [3.05, 3.63) is 64.4 Å². The topological polar surface area (TPSA) is 29.5 Å². The van der Waals surface area contributed by atoms with Crippen LogP contribution in [0.4, 0.5) is 4.39 Å². The van der Waals surface area contributed by atoms with Crippen LogP contribution in [-0.2, 0) is 0 Å². The van der Waals surface area contributed by atoms with Crippen LogP contribution in [0, 0.1) is 5.82 Å². The summed E-state index contributed by atoms with van der Waals surface area (Å²) in [5, 5.41) is 10.6. The Morgan fingerprint density at radius 3 is 2.79 bits per heavy atom. The molecule has 1 aliphatic rings. The second-order valence-corrected chi connectivity index (χ2v) is 5.00. The second-order valence-electron chi connectivity index (χ2n) is 4.56. The lowest BCUT2D eigenvalue weighted by Gasteiger charge is -2.30. The fraction of sp³-hybridized carbons (Fsp3) is 0.200. The van der Waals surface area contributed by atoms with Crippen LogP contribution in [0.1, 0.15) is 29.8 Å². The maximum Gasteiger partial charge on any atom is 0.130 e. The van der Waals surface area contributed by atoms with Gasteiger partial charge in [-0.2, -0.15) is 0 Å². The Bertz CT molecular complexity index is 615. The molecule has 2 atom stereocenters. The number of halogens is 2. The van der Waals surface area contributed by atoms with Gasteiger partial charge in [0.2, 0.25) is 0 Å². The zero-order valence-corrected chi connectivity index (χ0v) is 10.8. The van der Waals surface area contributed by atoms with E-state index in [1.165, 1.54) is 12.1 Å². The summed E-state index contributed by atoms with van der Waals surface area (Å²) in [4.78, 5) is 0. The lowest BCUT2D eigenvalue weighted by Crippen LogP contribution is -2.19. The summed E-state index contributed by atoms with van der Waals surface area (Å²) in [7, 11) is 0. The number of aliphatic hydroxyl groups is 1. The van der Waals surface area contributed by atoms with Crippen molar-refractivity contribution in [3.63, 3.8) is 0 Å². The van der Waals surface area contributed by atoms with Crippen molar-refractivity contribution in [2.75, 3.05) is 0 Å². The van der Waals surface area contributed by atoms with Crippen LogP contribution in [-0.4, -0.2) is 5.11 Å². The number of hydrogen-bond donors (Lipinski definition) is 1. The minimum absolute atomic E-state index is 0.314. The number of fused-ring (bicyclic) bond motifs is 1. The summed E-state index contributed by atoms with van der Waals surface area (Å²) in [6, 6.07) is 11.6. The van der Waals surface area contributed by atoms with Crippen molar-refractivity contribution in [1.82, 2.24) is 0 Å². The first-order chi connectivity index (χ1) is 9.15. The van der Waals surface area contributed by atoms with Crippen molar-refractivity contribution in [3.8, 4) is 5.75 Å². The fourth-order valence-corrected chi connectivity index (χ4v) is 2.53. The van der Waals surface area contributed by atoms with E-state index in [0.29, 0.717) is 22.8 Å². The zero-order valence-electron chi connectivity index (χ0n) is 10.0. The van der Waals surface area contributed by atoms with E-state index < -0.39 is 12.2 Å². The van der Waals surface area contributed by atoms with Gasteiger partial charge in [0.25, 0.3) is 0 Å². The van der Waals surface area contributed by atoms with Crippen LogP contribution in [0.15, 0.2) is 42.5 Å². The summed E-state index contributed by atoms with van der Waals surface area (Å²) >= 11 is 5.89. The normalized spacial score (nSPS) is 21.6. The SMILES string of the molecule is O[C@@H]1CC(c2cc(Cl)ccc2F)Oc2ccccc21. The van der Waals surface area contributed by atoms with Crippen molar-refractivity contribution in [1.29, 1.82) is 0 Å². The molecule has 0 aromatic heterocycles. The molecule has 0 fully saturated rings. The molecule has 4 heteroatoms. The second kappa shape index (κ2) is 4.83. The van der Waals surface area contributed by atoms with Crippen molar-refractivity contribution < 1.29 is 14.2 Å². The molecule has 3 rings (SSSR count). The van der Waals surface area contributed by atoms with Gasteiger partial charge in [0.05, 0.1) is 6.10 Å². The minimum atomic E-state index is -0.659. The smallest absolute Gasteiger partial charge is 0.130 e. The quantitative estimate of drug-likeness (QED) is 0.853. The van der Waals surface area contributed by atoms with Crippen molar-refractivity contribution in [2.45, 2.75) is 18.6 Å². The zero-order chi connectivity index (χ0) is 13.4. The summed E-state index contributed by atoms with van der Waals surface area (Å²) in [5.74, 6) is 0.214. The lowest BCUT2D eigenvalue weighted by molar-refractivity contribution is 0.0640. The first-order valence-electron chi connectivity index (χ1n) is 6.04.